The largest absolute Gasteiger partial charge is 0.0654 e. The van der Waals surface area contributed by atoms with Crippen LogP contribution in [0.2, 0.25) is 0 Å². The molecular weight excluding hydrogens is 336 g/mol. The maximum atomic E-state index is 2.38. The third-order valence-corrected chi connectivity index (χ3v) is 6.40. The molecule has 0 heteroatoms. The van der Waals surface area contributed by atoms with Crippen LogP contribution in [-0.2, 0) is 0 Å². The van der Waals surface area contributed by atoms with Crippen molar-refractivity contribution >= 4 is 0 Å². The lowest BCUT2D eigenvalue weighted by Crippen LogP contribution is -2.06. The van der Waals surface area contributed by atoms with Crippen LogP contribution in [0.25, 0.3) is 0 Å². The van der Waals surface area contributed by atoms with Gasteiger partial charge < -0.3 is 0 Å². The van der Waals surface area contributed by atoms with Crippen molar-refractivity contribution in [2.75, 3.05) is 0 Å². The third-order valence-electron chi connectivity index (χ3n) is 6.40. The van der Waals surface area contributed by atoms with E-state index in [0.29, 0.717) is 0 Å². The van der Waals surface area contributed by atoms with E-state index in [4.69, 9.17) is 0 Å². The fourth-order valence-electron chi connectivity index (χ4n) is 4.50. The number of hydrogen-bond acceptors (Lipinski definition) is 0. The van der Waals surface area contributed by atoms with Gasteiger partial charge in [-0.1, -0.05) is 154 Å². The van der Waals surface area contributed by atoms with Crippen LogP contribution in [0.1, 0.15) is 141 Å². The van der Waals surface area contributed by atoms with Crippen molar-refractivity contribution in [3.05, 3.63) is 35.9 Å². The maximum absolute atomic E-state index is 2.38. The zero-order valence-electron chi connectivity index (χ0n) is 19.6. The van der Waals surface area contributed by atoms with Crippen molar-refractivity contribution in [3.8, 4) is 0 Å². The first-order valence-electron chi connectivity index (χ1n) is 12.8. The molecule has 28 heavy (non-hydrogen) atoms. The quantitative estimate of drug-likeness (QED) is 0.207. The average molecular weight is 387 g/mol. The van der Waals surface area contributed by atoms with E-state index in [-0.39, 0.29) is 0 Å². The van der Waals surface area contributed by atoms with Gasteiger partial charge in [0.25, 0.3) is 0 Å². The van der Waals surface area contributed by atoms with Crippen LogP contribution in [0.3, 0.4) is 0 Å². The van der Waals surface area contributed by atoms with Crippen LogP contribution < -0.4 is 0 Å². The molecule has 0 heterocycles. The van der Waals surface area contributed by atoms with Gasteiger partial charge in [0, 0.05) is 0 Å². The molecule has 0 fully saturated rings. The normalized spacial score (nSPS) is 12.6. The fourth-order valence-corrected chi connectivity index (χ4v) is 4.50. The van der Waals surface area contributed by atoms with Gasteiger partial charge in [-0.25, -0.2) is 0 Å². The molecule has 0 N–H and O–H groups in total. The first-order chi connectivity index (χ1) is 13.8. The SMILES string of the molecule is CCCCCCCCCCCCCCCCCCC(c1ccccc1)C(C)C. The van der Waals surface area contributed by atoms with Crippen LogP contribution >= 0.6 is 0 Å². The van der Waals surface area contributed by atoms with E-state index in [1.54, 1.807) is 5.56 Å². The Bertz CT molecular complexity index is 419. The summed E-state index contributed by atoms with van der Waals surface area (Å²) in [6, 6.07) is 11.2. The second-order valence-electron chi connectivity index (χ2n) is 9.35. The van der Waals surface area contributed by atoms with Gasteiger partial charge in [0.15, 0.2) is 0 Å². The second-order valence-corrected chi connectivity index (χ2v) is 9.35. The van der Waals surface area contributed by atoms with E-state index < -0.39 is 0 Å². The van der Waals surface area contributed by atoms with E-state index in [0.717, 1.165) is 11.8 Å². The molecule has 0 bridgehead atoms. The summed E-state index contributed by atoms with van der Waals surface area (Å²) >= 11 is 0. The molecule has 1 atom stereocenters. The first kappa shape index (κ1) is 25.3. The van der Waals surface area contributed by atoms with Gasteiger partial charge in [-0.2, -0.15) is 0 Å². The number of rotatable bonds is 19. The average Bonchev–Trinajstić information content (AvgIpc) is 2.70. The lowest BCUT2D eigenvalue weighted by Gasteiger charge is -2.21. The monoisotopic (exact) mass is 386 g/mol. The molecule has 162 valence electrons. The standard InChI is InChI=1S/C28H50/c1-4-5-6-7-8-9-10-11-12-13-14-15-16-17-18-22-25-28(26(2)3)27-23-20-19-21-24-27/h19-21,23-24,26,28H,4-18,22,25H2,1-3H3. The molecule has 0 aromatic heterocycles. The smallest absolute Gasteiger partial charge is 0.0139 e. The zero-order valence-corrected chi connectivity index (χ0v) is 19.6. The van der Waals surface area contributed by atoms with Crippen molar-refractivity contribution in [2.24, 2.45) is 5.92 Å². The molecule has 0 nitrogen and oxygen atoms in total. The lowest BCUT2D eigenvalue weighted by molar-refractivity contribution is 0.440. The van der Waals surface area contributed by atoms with E-state index in [1.165, 1.54) is 109 Å². The van der Waals surface area contributed by atoms with Crippen molar-refractivity contribution in [1.29, 1.82) is 0 Å². The predicted octanol–water partition coefficient (Wildman–Crippen LogP) is 10.1. The van der Waals surface area contributed by atoms with Crippen molar-refractivity contribution in [2.45, 2.75) is 136 Å². The van der Waals surface area contributed by atoms with Gasteiger partial charge in [-0.05, 0) is 23.8 Å². The molecule has 1 aromatic rings. The highest BCUT2D eigenvalue weighted by atomic mass is 14.2. The number of unbranched alkanes of at least 4 members (excludes halogenated alkanes) is 15. The summed E-state index contributed by atoms with van der Waals surface area (Å²) in [5, 5.41) is 0. The Morgan fingerprint density at radius 2 is 0.929 bits per heavy atom. The summed E-state index contributed by atoms with van der Waals surface area (Å²) < 4.78 is 0. The van der Waals surface area contributed by atoms with Crippen molar-refractivity contribution in [3.63, 3.8) is 0 Å². The predicted molar refractivity (Wildman–Crippen MR) is 128 cm³/mol. The fraction of sp³-hybridized carbons (Fsp3) is 0.786. The summed E-state index contributed by atoms with van der Waals surface area (Å²) in [6.07, 6.45) is 24.6. The first-order valence-corrected chi connectivity index (χ1v) is 12.8. The van der Waals surface area contributed by atoms with Crippen LogP contribution in [0, 0.1) is 5.92 Å². The lowest BCUT2D eigenvalue weighted by atomic mass is 9.84. The van der Waals surface area contributed by atoms with Gasteiger partial charge in [0.2, 0.25) is 0 Å². The van der Waals surface area contributed by atoms with Gasteiger partial charge in [0.1, 0.15) is 0 Å². The molecule has 0 saturated carbocycles. The Hall–Kier alpha value is -0.780. The molecule has 0 radical (unpaired) electrons. The summed E-state index contributed by atoms with van der Waals surface area (Å²) in [7, 11) is 0. The molecule has 0 aliphatic heterocycles. The summed E-state index contributed by atoms with van der Waals surface area (Å²) in [5.41, 5.74) is 1.54. The van der Waals surface area contributed by atoms with E-state index in [1.807, 2.05) is 0 Å². The Kier molecular flexibility index (Phi) is 16.5. The van der Waals surface area contributed by atoms with Crippen molar-refractivity contribution in [1.82, 2.24) is 0 Å². The van der Waals surface area contributed by atoms with Crippen molar-refractivity contribution < 1.29 is 0 Å². The molecule has 1 unspecified atom stereocenters. The Balaban J connectivity index is 1.87. The highest BCUT2D eigenvalue weighted by Crippen LogP contribution is 2.29. The van der Waals surface area contributed by atoms with Gasteiger partial charge in [-0.15, -0.1) is 0 Å². The number of hydrogen-bond donors (Lipinski definition) is 0. The molecule has 1 aromatic carbocycles. The minimum Gasteiger partial charge on any atom is -0.0654 e. The highest BCUT2D eigenvalue weighted by molar-refractivity contribution is 5.19. The zero-order chi connectivity index (χ0) is 20.3. The van der Waals surface area contributed by atoms with Crippen LogP contribution in [-0.4, -0.2) is 0 Å². The Morgan fingerprint density at radius 1 is 0.536 bits per heavy atom. The van der Waals surface area contributed by atoms with E-state index >= 15 is 0 Å². The van der Waals surface area contributed by atoms with Gasteiger partial charge >= 0.3 is 0 Å². The third kappa shape index (κ3) is 13.4. The van der Waals surface area contributed by atoms with Gasteiger partial charge in [0.05, 0.1) is 0 Å². The molecular formula is C28H50. The minimum absolute atomic E-state index is 0.743. The Labute approximate surface area is 177 Å². The second kappa shape index (κ2) is 18.3. The van der Waals surface area contributed by atoms with E-state index in [2.05, 4.69) is 51.1 Å². The van der Waals surface area contributed by atoms with Gasteiger partial charge in [-0.3, -0.25) is 0 Å². The summed E-state index contributed by atoms with van der Waals surface area (Å²) in [5.74, 6) is 1.49. The maximum Gasteiger partial charge on any atom is -0.0139 e. The molecule has 0 aliphatic rings. The number of benzene rings is 1. The molecule has 0 spiro atoms. The summed E-state index contributed by atoms with van der Waals surface area (Å²) in [4.78, 5) is 0. The topological polar surface area (TPSA) is 0 Å². The molecule has 0 aliphatic carbocycles. The highest BCUT2D eigenvalue weighted by Gasteiger charge is 2.14. The molecule has 1 rings (SSSR count). The molecule has 0 amide bonds. The van der Waals surface area contributed by atoms with E-state index in [9.17, 15) is 0 Å². The Morgan fingerprint density at radius 3 is 1.32 bits per heavy atom. The minimum atomic E-state index is 0.743. The van der Waals surface area contributed by atoms with Crippen LogP contribution in [0.15, 0.2) is 30.3 Å². The molecule has 0 saturated heterocycles. The summed E-state index contributed by atoms with van der Waals surface area (Å²) in [6.45, 7) is 7.06. The van der Waals surface area contributed by atoms with Crippen LogP contribution in [0.4, 0.5) is 0 Å². The van der Waals surface area contributed by atoms with Crippen LogP contribution in [0.5, 0.6) is 0 Å².